The van der Waals surface area contributed by atoms with Crippen LogP contribution in [0.15, 0.2) is 40.9 Å². The van der Waals surface area contributed by atoms with Crippen LogP contribution in [-0.2, 0) is 12.8 Å². The van der Waals surface area contributed by atoms with Gasteiger partial charge >= 0.3 is 0 Å². The molecule has 0 saturated carbocycles. The van der Waals surface area contributed by atoms with Gasteiger partial charge in [-0.2, -0.15) is 0 Å². The largest absolute Gasteiger partial charge is 0.454 e. The number of carbonyl (C=O) groups excluding carboxylic acids is 1. The van der Waals surface area contributed by atoms with Crippen molar-refractivity contribution in [1.82, 2.24) is 4.57 Å². The Morgan fingerprint density at radius 1 is 1.00 bits per heavy atom. The first-order valence-corrected chi connectivity index (χ1v) is 9.28. The molecule has 2 heterocycles. The zero-order valence-electron chi connectivity index (χ0n) is 13.5. The summed E-state index contributed by atoms with van der Waals surface area (Å²) in [4.78, 5) is 13.3. The number of hydrogen-bond acceptors (Lipinski definition) is 3. The topological polar surface area (TPSA) is 40.5 Å². The minimum Gasteiger partial charge on any atom is -0.454 e. The number of rotatable bonds is 1. The van der Waals surface area contributed by atoms with Crippen molar-refractivity contribution < 1.29 is 14.3 Å². The summed E-state index contributed by atoms with van der Waals surface area (Å²) in [5, 5.41) is 1.12. The molecule has 25 heavy (non-hydrogen) atoms. The molecule has 4 nitrogen and oxygen atoms in total. The molecular weight excluding hydrogens is 382 g/mol. The predicted octanol–water partition coefficient (Wildman–Crippen LogP) is 4.70. The van der Waals surface area contributed by atoms with Crippen LogP contribution in [0, 0.1) is 0 Å². The lowest BCUT2D eigenvalue weighted by Crippen LogP contribution is -2.17. The number of halogens is 1. The Kier molecular flexibility index (Phi) is 3.38. The Morgan fingerprint density at radius 2 is 1.72 bits per heavy atom. The minimum absolute atomic E-state index is 0.0134. The Hall–Kier alpha value is -2.27. The fourth-order valence-electron chi connectivity index (χ4n) is 3.88. The second kappa shape index (κ2) is 5.63. The van der Waals surface area contributed by atoms with Crippen molar-refractivity contribution in [3.8, 4) is 11.5 Å². The first-order chi connectivity index (χ1) is 12.2. The van der Waals surface area contributed by atoms with Crippen LogP contribution in [-0.4, -0.2) is 17.3 Å². The highest BCUT2D eigenvalue weighted by Gasteiger charge is 2.27. The number of fused-ring (bicyclic) bond motifs is 4. The molecule has 0 saturated heterocycles. The lowest BCUT2D eigenvalue weighted by atomic mass is 9.95. The highest BCUT2D eigenvalue weighted by molar-refractivity contribution is 9.10. The summed E-state index contributed by atoms with van der Waals surface area (Å²) in [6.07, 6.45) is 4.21. The van der Waals surface area contributed by atoms with Crippen LogP contribution in [0.1, 0.15) is 34.5 Å². The molecule has 2 aromatic carbocycles. The normalized spacial score (nSPS) is 15.4. The zero-order chi connectivity index (χ0) is 17.0. The van der Waals surface area contributed by atoms with Gasteiger partial charge < -0.3 is 9.47 Å². The van der Waals surface area contributed by atoms with E-state index in [1.54, 1.807) is 0 Å². The smallest absolute Gasteiger partial charge is 0.262 e. The molecule has 0 bridgehead atoms. The van der Waals surface area contributed by atoms with Crippen LogP contribution < -0.4 is 9.47 Å². The summed E-state index contributed by atoms with van der Waals surface area (Å²) in [7, 11) is 0. The van der Waals surface area contributed by atoms with Gasteiger partial charge in [-0.05, 0) is 61.6 Å². The lowest BCUT2D eigenvalue weighted by Gasteiger charge is -2.15. The second-order valence-electron chi connectivity index (χ2n) is 6.50. The molecule has 5 rings (SSSR count). The summed E-state index contributed by atoms with van der Waals surface area (Å²) < 4.78 is 13.9. The van der Waals surface area contributed by atoms with Crippen molar-refractivity contribution in [3.05, 3.63) is 57.7 Å². The Labute approximate surface area is 153 Å². The summed E-state index contributed by atoms with van der Waals surface area (Å²) >= 11 is 3.43. The third-order valence-electron chi connectivity index (χ3n) is 5.06. The molecule has 0 N–H and O–H groups in total. The molecule has 0 atom stereocenters. The molecule has 126 valence electrons. The quantitative estimate of drug-likeness (QED) is 0.597. The number of carbonyl (C=O) groups is 1. The van der Waals surface area contributed by atoms with Gasteiger partial charge in [0.05, 0.1) is 5.52 Å². The SMILES string of the molecule is O=C(c1ccc(Br)cc1)n1c2c(c3cc4c(cc31)OCO4)CCCC2. The van der Waals surface area contributed by atoms with Crippen LogP contribution >= 0.6 is 15.9 Å². The number of benzene rings is 2. The van der Waals surface area contributed by atoms with Gasteiger partial charge in [-0.15, -0.1) is 0 Å². The first kappa shape index (κ1) is 15.0. The molecule has 0 spiro atoms. The van der Waals surface area contributed by atoms with E-state index in [0.717, 1.165) is 52.5 Å². The third kappa shape index (κ3) is 2.29. The van der Waals surface area contributed by atoms with E-state index in [9.17, 15) is 4.79 Å². The van der Waals surface area contributed by atoms with Crippen LogP contribution in [0.2, 0.25) is 0 Å². The van der Waals surface area contributed by atoms with E-state index < -0.39 is 0 Å². The van der Waals surface area contributed by atoms with Crippen molar-refractivity contribution in [1.29, 1.82) is 0 Å². The van der Waals surface area contributed by atoms with Crippen molar-refractivity contribution >= 4 is 32.7 Å². The van der Waals surface area contributed by atoms with E-state index in [1.165, 1.54) is 5.56 Å². The van der Waals surface area contributed by atoms with E-state index >= 15 is 0 Å². The molecule has 0 unspecified atom stereocenters. The van der Waals surface area contributed by atoms with Crippen molar-refractivity contribution in [2.24, 2.45) is 0 Å². The molecule has 1 aliphatic heterocycles. The average molecular weight is 398 g/mol. The van der Waals surface area contributed by atoms with Crippen LogP contribution in [0.4, 0.5) is 0 Å². The molecule has 1 aromatic heterocycles. The monoisotopic (exact) mass is 397 g/mol. The standard InChI is InChI=1S/C20H16BrNO3/c21-13-7-5-12(6-8-13)20(23)22-16-4-2-1-3-14(16)15-9-18-19(10-17(15)22)25-11-24-18/h5-10H,1-4,11H2. The summed E-state index contributed by atoms with van der Waals surface area (Å²) in [5.41, 5.74) is 4.03. The predicted molar refractivity (Wildman–Crippen MR) is 98.6 cm³/mol. The molecule has 0 amide bonds. The third-order valence-corrected chi connectivity index (χ3v) is 5.59. The number of nitrogens with zero attached hydrogens (tertiary/aromatic N) is 1. The van der Waals surface area contributed by atoms with E-state index in [1.807, 2.05) is 41.0 Å². The van der Waals surface area contributed by atoms with Crippen LogP contribution in [0.25, 0.3) is 10.9 Å². The fraction of sp³-hybridized carbons (Fsp3) is 0.250. The number of hydrogen-bond donors (Lipinski definition) is 0. The number of aryl methyl sites for hydroxylation is 1. The zero-order valence-corrected chi connectivity index (χ0v) is 15.1. The van der Waals surface area contributed by atoms with Crippen molar-refractivity contribution in [3.63, 3.8) is 0 Å². The van der Waals surface area contributed by atoms with Crippen molar-refractivity contribution in [2.75, 3.05) is 6.79 Å². The van der Waals surface area contributed by atoms with E-state index in [-0.39, 0.29) is 12.7 Å². The van der Waals surface area contributed by atoms with Crippen LogP contribution in [0.3, 0.4) is 0 Å². The van der Waals surface area contributed by atoms with Gasteiger partial charge in [-0.1, -0.05) is 15.9 Å². The minimum atomic E-state index is 0.0134. The molecular formula is C20H16BrNO3. The maximum absolute atomic E-state index is 13.3. The summed E-state index contributed by atoms with van der Waals surface area (Å²) in [6, 6.07) is 11.5. The first-order valence-electron chi connectivity index (χ1n) is 8.48. The summed E-state index contributed by atoms with van der Waals surface area (Å²) in [6.45, 7) is 0.241. The maximum Gasteiger partial charge on any atom is 0.262 e. The Morgan fingerprint density at radius 3 is 2.52 bits per heavy atom. The highest BCUT2D eigenvalue weighted by Crippen LogP contribution is 2.41. The van der Waals surface area contributed by atoms with Gasteiger partial charge in [0, 0.05) is 27.2 Å². The van der Waals surface area contributed by atoms with E-state index in [4.69, 9.17) is 9.47 Å². The molecule has 3 aromatic rings. The highest BCUT2D eigenvalue weighted by atomic mass is 79.9. The summed E-state index contributed by atoms with van der Waals surface area (Å²) in [5.74, 6) is 1.50. The van der Waals surface area contributed by atoms with E-state index in [2.05, 4.69) is 15.9 Å². The van der Waals surface area contributed by atoms with Gasteiger partial charge in [0.1, 0.15) is 0 Å². The number of ether oxygens (including phenoxy) is 2. The number of aromatic nitrogens is 1. The van der Waals surface area contributed by atoms with Gasteiger partial charge in [-0.25, -0.2) is 0 Å². The van der Waals surface area contributed by atoms with Crippen LogP contribution in [0.5, 0.6) is 11.5 Å². The van der Waals surface area contributed by atoms with Gasteiger partial charge in [-0.3, -0.25) is 9.36 Å². The second-order valence-corrected chi connectivity index (χ2v) is 7.42. The van der Waals surface area contributed by atoms with E-state index in [0.29, 0.717) is 11.3 Å². The molecule has 2 aliphatic rings. The van der Waals surface area contributed by atoms with Crippen molar-refractivity contribution in [2.45, 2.75) is 25.7 Å². The molecule has 0 radical (unpaired) electrons. The Bertz CT molecular complexity index is 1000. The molecule has 5 heteroatoms. The van der Waals surface area contributed by atoms with Gasteiger partial charge in [0.25, 0.3) is 5.91 Å². The van der Waals surface area contributed by atoms with Gasteiger partial charge in [0.15, 0.2) is 11.5 Å². The maximum atomic E-state index is 13.3. The average Bonchev–Trinajstić information content (AvgIpc) is 3.21. The lowest BCUT2D eigenvalue weighted by molar-refractivity contribution is 0.0961. The molecule has 0 fully saturated rings. The Balaban J connectivity index is 1.76. The van der Waals surface area contributed by atoms with Gasteiger partial charge in [0.2, 0.25) is 6.79 Å². The molecule has 1 aliphatic carbocycles. The fourth-order valence-corrected chi connectivity index (χ4v) is 4.15.